The summed E-state index contributed by atoms with van der Waals surface area (Å²) in [5.41, 5.74) is 14.5. The molecule has 3 fully saturated rings. The maximum atomic E-state index is 16.5. The number of alkyl halides is 2. The van der Waals surface area contributed by atoms with Crippen LogP contribution in [0.4, 0.5) is 32.1 Å². The first kappa shape index (κ1) is 31.1. The number of thioether (sulfide) groups is 1. The summed E-state index contributed by atoms with van der Waals surface area (Å²) in [5, 5.41) is 0.239. The molecule has 7 rings (SSSR count). The summed E-state index contributed by atoms with van der Waals surface area (Å²) in [5.74, 6) is -0.417. The molecule has 0 aliphatic carbocycles. The Hall–Kier alpha value is -2.49. The summed E-state index contributed by atoms with van der Waals surface area (Å²) in [7, 11) is -3.59. The molecule has 18 nitrogen and oxygen atoms in total. The van der Waals surface area contributed by atoms with Gasteiger partial charge in [-0.25, -0.2) is 28.7 Å². The lowest BCUT2D eigenvalue weighted by Crippen LogP contribution is -2.62. The second kappa shape index (κ2) is 11.1. The molecule has 9 atom stereocenters. The van der Waals surface area contributed by atoms with Crippen LogP contribution in [0.5, 0.6) is 0 Å². The first-order valence-corrected chi connectivity index (χ1v) is 19.0. The zero-order valence-corrected chi connectivity index (χ0v) is 26.3. The number of imidazole rings is 1. The number of rotatable bonds is 2. The Morgan fingerprint density at radius 2 is 2.07 bits per heavy atom. The van der Waals surface area contributed by atoms with Crippen LogP contribution in [0.3, 0.4) is 0 Å². The fraction of sp³-hybridized carbons (Fsp3) is 0.524. The standard InChI is InChI=1S/C21H27F2N11O7P2S2/c1-42(36)3-2-9-14(23)21(5-45-9,34-17-12(31-32-34)18(35)30-20(25)29-17)41-43(37,44)38-4-8-13(40-42)10(22)19(39-8)33-7-28-11-15(24)26-6-27-16(11)33/h6-10,13-14,19,31-32,36H,1-5H2,(H,37,44)(H2,24,26,27)(H3,25,29,30,35)/t8-,9-,10+,13-,14-,19?,21+,42?,43?/m1/s1. The van der Waals surface area contributed by atoms with Crippen LogP contribution in [0.25, 0.3) is 11.2 Å². The summed E-state index contributed by atoms with van der Waals surface area (Å²) in [4.78, 5) is 53.6. The predicted octanol–water partition coefficient (Wildman–Crippen LogP) is 0.122. The number of aromatic amines is 1. The number of halogens is 2. The first-order chi connectivity index (χ1) is 21.3. The zero-order valence-electron chi connectivity index (χ0n) is 22.9. The van der Waals surface area contributed by atoms with E-state index >= 15 is 8.78 Å². The number of hydrazine groups is 2. The number of fused-ring (bicyclic) bond motifs is 5. The molecule has 2 bridgehead atoms. The maximum absolute atomic E-state index is 16.5. The molecule has 0 aromatic carbocycles. The van der Waals surface area contributed by atoms with Gasteiger partial charge in [0, 0.05) is 17.2 Å². The third-order valence-electron chi connectivity index (χ3n) is 7.75. The van der Waals surface area contributed by atoms with E-state index in [9.17, 15) is 14.6 Å². The third kappa shape index (κ3) is 5.31. The first-order valence-electron chi connectivity index (χ1n) is 13.3. The van der Waals surface area contributed by atoms with E-state index in [0.717, 1.165) is 16.8 Å². The van der Waals surface area contributed by atoms with Crippen LogP contribution < -0.4 is 33.0 Å². The number of aromatic nitrogens is 6. The van der Waals surface area contributed by atoms with Crippen molar-refractivity contribution in [2.75, 3.05) is 40.4 Å². The normalized spacial score (nSPS) is 38.6. The lowest BCUT2D eigenvalue weighted by molar-refractivity contribution is -0.0498. The minimum absolute atomic E-state index is 0.0138. The Balaban J connectivity index is 1.23. The van der Waals surface area contributed by atoms with Crippen molar-refractivity contribution in [1.82, 2.24) is 35.0 Å². The Kier molecular flexibility index (Phi) is 7.64. The van der Waals surface area contributed by atoms with Gasteiger partial charge in [-0.3, -0.25) is 24.3 Å². The highest BCUT2D eigenvalue weighted by molar-refractivity contribution is 8.07. The average Bonchev–Trinajstić information content (AvgIpc) is 3.73. The smallest absolute Gasteiger partial charge is 0.326 e. The molecule has 4 aliphatic rings. The number of nitrogens with zero attached hydrogens (tertiary/aromatic N) is 6. The SMILES string of the molecule is C=P1(O)CC[C@H]2SC[C@](N3NNc4c3nc(N)[nH]c4=O)(OP(O)(=S)OC[C@H]3OC(n4cnc5c(N)ncnc54)[C@@H](F)[C@@H]3O1)[C@@H]2F. The Bertz CT molecular complexity index is 1820. The van der Waals surface area contributed by atoms with Gasteiger partial charge in [0.05, 0.1) is 12.9 Å². The second-order valence-corrected chi connectivity index (χ2v) is 17.0. The quantitative estimate of drug-likeness (QED) is 0.175. The number of H-pyrrole nitrogens is 1. The van der Waals surface area contributed by atoms with Gasteiger partial charge in [0.2, 0.25) is 11.7 Å². The molecular formula is C21H27F2N11O7P2S2. The molecule has 0 saturated carbocycles. The molecule has 3 aromatic rings. The van der Waals surface area contributed by atoms with Crippen LogP contribution in [0.1, 0.15) is 12.6 Å². The predicted molar refractivity (Wildman–Crippen MR) is 165 cm³/mol. The fourth-order valence-electron chi connectivity index (χ4n) is 5.64. The highest BCUT2D eigenvalue weighted by atomic mass is 32.5. The maximum Gasteiger partial charge on any atom is 0.326 e. The highest BCUT2D eigenvalue weighted by Crippen LogP contribution is 2.58. The van der Waals surface area contributed by atoms with Crippen molar-refractivity contribution in [3.63, 3.8) is 0 Å². The van der Waals surface area contributed by atoms with Crippen molar-refractivity contribution in [1.29, 1.82) is 0 Å². The van der Waals surface area contributed by atoms with Gasteiger partial charge >= 0.3 is 6.72 Å². The lowest BCUT2D eigenvalue weighted by atomic mass is 10.0. The Labute approximate surface area is 261 Å². The summed E-state index contributed by atoms with van der Waals surface area (Å²) in [6, 6.07) is 0. The van der Waals surface area contributed by atoms with Crippen molar-refractivity contribution >= 4 is 78.4 Å². The van der Waals surface area contributed by atoms with Gasteiger partial charge in [-0.15, -0.1) is 5.53 Å². The topological polar surface area (TPSA) is 246 Å². The molecule has 4 aliphatic heterocycles. The molecule has 9 N–H and O–H groups in total. The minimum Gasteiger partial charge on any atom is -0.382 e. The second-order valence-electron chi connectivity index (χ2n) is 10.7. The summed E-state index contributed by atoms with van der Waals surface area (Å²) < 4.78 is 57.4. The molecule has 244 valence electrons. The van der Waals surface area contributed by atoms with Crippen molar-refractivity contribution < 1.29 is 36.9 Å². The largest absolute Gasteiger partial charge is 0.382 e. The van der Waals surface area contributed by atoms with E-state index in [4.69, 9.17) is 41.6 Å². The van der Waals surface area contributed by atoms with Gasteiger partial charge in [-0.1, -0.05) is 6.30 Å². The Morgan fingerprint density at radius 1 is 1.27 bits per heavy atom. The zero-order chi connectivity index (χ0) is 31.9. The van der Waals surface area contributed by atoms with Crippen LogP contribution in [0.2, 0.25) is 0 Å². The molecule has 3 aromatic heterocycles. The van der Waals surface area contributed by atoms with Crippen LogP contribution in [0.15, 0.2) is 17.4 Å². The van der Waals surface area contributed by atoms with Gasteiger partial charge in [0.1, 0.15) is 31.4 Å². The van der Waals surface area contributed by atoms with Gasteiger partial charge in [0.15, 0.2) is 41.5 Å². The van der Waals surface area contributed by atoms with Gasteiger partial charge in [-0.2, -0.15) is 16.7 Å². The molecule has 0 spiro atoms. The highest BCUT2D eigenvalue weighted by Gasteiger charge is 2.60. The monoisotopic (exact) mass is 709 g/mol. The Morgan fingerprint density at radius 3 is 2.87 bits per heavy atom. The minimum atomic E-state index is -4.37. The van der Waals surface area contributed by atoms with Gasteiger partial charge in [0.25, 0.3) is 5.56 Å². The van der Waals surface area contributed by atoms with Crippen LogP contribution >= 0.6 is 25.8 Å². The van der Waals surface area contributed by atoms with E-state index in [1.54, 1.807) is 0 Å². The number of nitrogens with two attached hydrogens (primary N) is 2. The average molecular weight is 710 g/mol. The number of nitrogens with one attached hydrogen (secondary N) is 3. The molecule has 7 heterocycles. The van der Waals surface area contributed by atoms with Crippen LogP contribution in [-0.2, 0) is 30.1 Å². The summed E-state index contributed by atoms with van der Waals surface area (Å²) >= 11 is 6.44. The molecule has 3 saturated heterocycles. The fourth-order valence-corrected chi connectivity index (χ4v) is 10.5. The third-order valence-corrected chi connectivity index (χ3v) is 12.4. The van der Waals surface area contributed by atoms with E-state index < -0.39 is 68.0 Å². The van der Waals surface area contributed by atoms with Crippen molar-refractivity contribution in [2.24, 2.45) is 0 Å². The molecule has 24 heteroatoms. The molecule has 3 unspecified atom stereocenters. The number of nitrogen functional groups attached to an aromatic ring is 2. The molecule has 45 heavy (non-hydrogen) atoms. The van der Waals surface area contributed by atoms with Crippen molar-refractivity contribution in [3.05, 3.63) is 23.0 Å². The van der Waals surface area contributed by atoms with Crippen LogP contribution in [-0.4, -0.2) is 99.6 Å². The molecule has 0 radical (unpaired) electrons. The van der Waals surface area contributed by atoms with Crippen LogP contribution in [0, 0.1) is 0 Å². The number of anilines is 4. The van der Waals surface area contributed by atoms with E-state index in [2.05, 4.69) is 42.2 Å². The van der Waals surface area contributed by atoms with E-state index in [0.29, 0.717) is 0 Å². The summed E-state index contributed by atoms with van der Waals surface area (Å²) in [6.07, 6.45) is -1.73. The van der Waals surface area contributed by atoms with E-state index in [1.807, 2.05) is 0 Å². The van der Waals surface area contributed by atoms with Crippen molar-refractivity contribution in [2.45, 2.75) is 48.2 Å². The van der Waals surface area contributed by atoms with Gasteiger partial charge in [-0.05, 0) is 18.2 Å². The lowest BCUT2D eigenvalue weighted by Gasteiger charge is -2.41. The van der Waals surface area contributed by atoms with E-state index in [-0.39, 0.29) is 52.8 Å². The van der Waals surface area contributed by atoms with Gasteiger partial charge < -0.3 is 35.0 Å². The number of hydrogen-bond acceptors (Lipinski definition) is 17. The number of ether oxygens (including phenoxy) is 1. The summed E-state index contributed by atoms with van der Waals surface area (Å²) in [6.45, 7) is -4.96. The van der Waals surface area contributed by atoms with E-state index in [1.165, 1.54) is 17.2 Å². The number of hydrogen-bond donors (Lipinski definition) is 7. The van der Waals surface area contributed by atoms with Crippen molar-refractivity contribution in [3.8, 4) is 0 Å². The molecule has 0 amide bonds. The molecular weight excluding hydrogens is 682 g/mol.